The highest BCUT2D eigenvalue weighted by Crippen LogP contribution is 2.05. The first-order chi connectivity index (χ1) is 14.5. The first-order valence-electron chi connectivity index (χ1n) is 9.32. The van der Waals surface area contributed by atoms with Crippen LogP contribution < -0.4 is 27.4 Å². The number of nitrogens with one attached hydrogen (secondary N) is 3. The zero-order valence-corrected chi connectivity index (χ0v) is 17.9. The summed E-state index contributed by atoms with van der Waals surface area (Å²) in [6.45, 7) is -0.688. The number of rotatable bonds is 16. The van der Waals surface area contributed by atoms with Crippen molar-refractivity contribution in [2.75, 3.05) is 18.6 Å². The number of hydrogen-bond acceptors (Lipinski definition) is 8. The Morgan fingerprint density at radius 2 is 1.42 bits per heavy atom. The van der Waals surface area contributed by atoms with Crippen molar-refractivity contribution in [3.8, 4) is 0 Å². The fourth-order valence-electron chi connectivity index (χ4n) is 2.31. The molecule has 0 aromatic heterocycles. The van der Waals surface area contributed by atoms with Gasteiger partial charge in [-0.25, -0.2) is 0 Å². The molecule has 0 aliphatic rings. The lowest BCUT2D eigenvalue weighted by Crippen LogP contribution is -2.56. The number of carboxylic acids is 2. The quantitative estimate of drug-likeness (QED) is 0.126. The van der Waals surface area contributed by atoms with Crippen LogP contribution in [0.2, 0.25) is 0 Å². The van der Waals surface area contributed by atoms with Crippen molar-refractivity contribution >= 4 is 47.3 Å². The van der Waals surface area contributed by atoms with Crippen LogP contribution in [0.15, 0.2) is 0 Å². The van der Waals surface area contributed by atoms with Crippen molar-refractivity contribution in [3.63, 3.8) is 0 Å². The molecule has 0 bridgehead atoms. The van der Waals surface area contributed by atoms with Gasteiger partial charge < -0.3 is 37.6 Å². The molecule has 0 radical (unpaired) electrons. The van der Waals surface area contributed by atoms with Gasteiger partial charge in [-0.2, -0.15) is 11.8 Å². The van der Waals surface area contributed by atoms with Crippen molar-refractivity contribution in [1.82, 2.24) is 16.0 Å². The van der Waals surface area contributed by atoms with Gasteiger partial charge >= 0.3 is 11.9 Å². The Bertz CT molecular complexity index is 675. The Kier molecular flexibility index (Phi) is 13.6. The molecule has 0 aliphatic carbocycles. The minimum atomic E-state index is -1.30. The van der Waals surface area contributed by atoms with Crippen LogP contribution in [-0.2, 0) is 28.8 Å². The van der Waals surface area contributed by atoms with Gasteiger partial charge in [0.05, 0.1) is 6.04 Å². The molecule has 0 rings (SSSR count). The summed E-state index contributed by atoms with van der Waals surface area (Å²) in [7, 11) is 0. The van der Waals surface area contributed by atoms with Crippen LogP contribution in [0, 0.1) is 0 Å². The lowest BCUT2D eigenvalue weighted by molar-refractivity contribution is -0.139. The summed E-state index contributed by atoms with van der Waals surface area (Å²) in [5, 5.41) is 24.3. The van der Waals surface area contributed by atoms with Gasteiger partial charge in [0.1, 0.15) is 18.6 Å². The van der Waals surface area contributed by atoms with Crippen LogP contribution in [0.3, 0.4) is 0 Å². The monoisotopic (exact) mass is 463 g/mol. The molecule has 176 valence electrons. The fraction of sp³-hybridized carbons (Fsp3) is 0.647. The number of aliphatic carboxylic acids is 2. The van der Waals surface area contributed by atoms with Crippen molar-refractivity contribution < 1.29 is 39.0 Å². The van der Waals surface area contributed by atoms with Gasteiger partial charge in [0.25, 0.3) is 0 Å². The Balaban J connectivity index is 5.22. The maximum atomic E-state index is 12.7. The molecule has 14 heteroatoms. The van der Waals surface area contributed by atoms with Crippen LogP contribution >= 0.6 is 11.8 Å². The zero-order chi connectivity index (χ0) is 24.0. The Morgan fingerprint density at radius 3 is 1.94 bits per heavy atom. The third kappa shape index (κ3) is 13.1. The number of amides is 4. The Labute approximate surface area is 183 Å². The van der Waals surface area contributed by atoms with Crippen molar-refractivity contribution in [2.45, 2.75) is 50.2 Å². The molecule has 13 nitrogen and oxygen atoms in total. The van der Waals surface area contributed by atoms with Crippen LogP contribution in [-0.4, -0.2) is 82.5 Å². The first kappa shape index (κ1) is 28.1. The van der Waals surface area contributed by atoms with Crippen LogP contribution in [0.4, 0.5) is 0 Å². The second-order valence-electron chi connectivity index (χ2n) is 6.56. The minimum Gasteiger partial charge on any atom is -0.481 e. The topological polar surface area (TPSA) is 231 Å². The first-order valence-corrected chi connectivity index (χ1v) is 10.7. The van der Waals surface area contributed by atoms with E-state index in [4.69, 9.17) is 21.7 Å². The van der Waals surface area contributed by atoms with E-state index >= 15 is 0 Å². The number of carbonyl (C=O) groups excluding carboxylic acids is 4. The lowest BCUT2D eigenvalue weighted by atomic mass is 10.1. The molecule has 0 aromatic rings. The van der Waals surface area contributed by atoms with E-state index in [1.54, 1.807) is 6.26 Å². The van der Waals surface area contributed by atoms with E-state index in [1.807, 2.05) is 0 Å². The second kappa shape index (κ2) is 15.0. The average molecular weight is 464 g/mol. The molecule has 3 unspecified atom stereocenters. The van der Waals surface area contributed by atoms with Gasteiger partial charge in [0, 0.05) is 12.8 Å². The molecule has 4 amide bonds. The van der Waals surface area contributed by atoms with Gasteiger partial charge in [-0.05, 0) is 31.3 Å². The molecular weight excluding hydrogens is 434 g/mol. The van der Waals surface area contributed by atoms with E-state index in [0.717, 1.165) is 0 Å². The zero-order valence-electron chi connectivity index (χ0n) is 17.1. The molecule has 0 spiro atoms. The maximum absolute atomic E-state index is 12.7. The van der Waals surface area contributed by atoms with Crippen molar-refractivity contribution in [1.29, 1.82) is 0 Å². The summed E-state index contributed by atoms with van der Waals surface area (Å²) < 4.78 is 0. The normalized spacial score (nSPS) is 13.4. The predicted octanol–water partition coefficient (Wildman–Crippen LogP) is -2.63. The van der Waals surface area contributed by atoms with E-state index < -0.39 is 60.2 Å². The SMILES string of the molecule is CSCCC(NC(=O)C(N)CCC(=O)O)C(=O)NC(CCC(N)=O)C(=O)NCC(=O)O. The van der Waals surface area contributed by atoms with Crippen LogP contribution in [0.25, 0.3) is 0 Å². The Hall–Kier alpha value is -2.87. The minimum absolute atomic E-state index is 0.128. The number of carboxylic acid groups (broad SMARTS) is 2. The average Bonchev–Trinajstić information content (AvgIpc) is 2.69. The molecule has 0 aromatic carbocycles. The molecule has 9 N–H and O–H groups in total. The molecule has 0 fully saturated rings. The number of nitrogens with two attached hydrogens (primary N) is 2. The largest absolute Gasteiger partial charge is 0.481 e. The number of thioether (sulfide) groups is 1. The van der Waals surface area contributed by atoms with Crippen molar-refractivity contribution in [3.05, 3.63) is 0 Å². The molecule has 31 heavy (non-hydrogen) atoms. The smallest absolute Gasteiger partial charge is 0.322 e. The third-order valence-corrected chi connectivity index (χ3v) is 4.62. The molecule has 0 aliphatic heterocycles. The molecule has 0 heterocycles. The summed E-state index contributed by atoms with van der Waals surface area (Å²) in [5.74, 6) is -4.97. The second-order valence-corrected chi connectivity index (χ2v) is 7.54. The summed E-state index contributed by atoms with van der Waals surface area (Å²) >= 11 is 1.40. The van der Waals surface area contributed by atoms with Crippen LogP contribution in [0.5, 0.6) is 0 Å². The fourth-order valence-corrected chi connectivity index (χ4v) is 2.78. The third-order valence-electron chi connectivity index (χ3n) is 3.98. The molecule has 3 atom stereocenters. The number of hydrogen-bond donors (Lipinski definition) is 7. The highest BCUT2D eigenvalue weighted by atomic mass is 32.2. The van der Waals surface area contributed by atoms with Gasteiger partial charge in [-0.1, -0.05) is 0 Å². The van der Waals surface area contributed by atoms with Crippen molar-refractivity contribution in [2.24, 2.45) is 11.5 Å². The maximum Gasteiger partial charge on any atom is 0.322 e. The molecule has 0 saturated heterocycles. The summed E-state index contributed by atoms with van der Waals surface area (Å²) in [5.41, 5.74) is 10.7. The van der Waals surface area contributed by atoms with Gasteiger partial charge in [0.2, 0.25) is 23.6 Å². The number of primary amides is 1. The summed E-state index contributed by atoms with van der Waals surface area (Å²) in [6, 6.07) is -3.49. The Morgan fingerprint density at radius 1 is 0.839 bits per heavy atom. The van der Waals surface area contributed by atoms with E-state index in [9.17, 15) is 28.8 Å². The summed E-state index contributed by atoms with van der Waals surface area (Å²) in [4.78, 5) is 69.4. The summed E-state index contributed by atoms with van der Waals surface area (Å²) in [6.07, 6.45) is 1.10. The highest BCUT2D eigenvalue weighted by molar-refractivity contribution is 7.98. The molecular formula is C17H29N5O8S. The van der Waals surface area contributed by atoms with E-state index in [2.05, 4.69) is 16.0 Å². The van der Waals surface area contributed by atoms with Gasteiger partial charge in [0.15, 0.2) is 0 Å². The lowest BCUT2D eigenvalue weighted by Gasteiger charge is -2.23. The molecule has 0 saturated carbocycles. The number of carbonyl (C=O) groups is 6. The van der Waals surface area contributed by atoms with E-state index in [1.165, 1.54) is 11.8 Å². The van der Waals surface area contributed by atoms with Crippen LogP contribution in [0.1, 0.15) is 32.1 Å². The van der Waals surface area contributed by atoms with E-state index in [0.29, 0.717) is 5.75 Å². The van der Waals surface area contributed by atoms with Gasteiger partial charge in [-0.3, -0.25) is 28.8 Å². The standard InChI is InChI=1S/C17H29N5O8S/c1-31-7-6-11(21-15(28)9(18)2-5-13(24)25)17(30)22-10(3-4-12(19)23)16(29)20-8-14(26)27/h9-11H,2-8,18H2,1H3,(H2,19,23)(H,20,29)(H,21,28)(H,22,30)(H,24,25)(H,26,27). The highest BCUT2D eigenvalue weighted by Gasteiger charge is 2.28. The van der Waals surface area contributed by atoms with E-state index in [-0.39, 0.29) is 32.1 Å². The predicted molar refractivity (Wildman–Crippen MR) is 111 cm³/mol. The van der Waals surface area contributed by atoms with Gasteiger partial charge in [-0.15, -0.1) is 0 Å².